The van der Waals surface area contributed by atoms with Crippen molar-refractivity contribution in [2.75, 3.05) is 0 Å². The van der Waals surface area contributed by atoms with Gasteiger partial charge in [-0.3, -0.25) is 4.79 Å². The molecule has 0 saturated carbocycles. The van der Waals surface area contributed by atoms with Crippen molar-refractivity contribution in [1.82, 2.24) is 0 Å². The van der Waals surface area contributed by atoms with Crippen LogP contribution in [0.5, 0.6) is 0 Å². The lowest BCUT2D eigenvalue weighted by atomic mass is 9.85. The van der Waals surface area contributed by atoms with Gasteiger partial charge >= 0.3 is 0 Å². The van der Waals surface area contributed by atoms with Gasteiger partial charge in [0, 0.05) is 0 Å². The number of carbonyl (C=O) groups excluding carboxylic acids is 1. The summed E-state index contributed by atoms with van der Waals surface area (Å²) in [7, 11) is 0. The molecule has 0 saturated heterocycles. The smallest absolute Gasteiger partial charge is 0.225 e. The molecule has 2 heteroatoms. The van der Waals surface area contributed by atoms with E-state index >= 15 is 0 Å². The van der Waals surface area contributed by atoms with Crippen molar-refractivity contribution in [3.63, 3.8) is 0 Å². The second-order valence-electron chi connectivity index (χ2n) is 3.68. The molecular formula is C12H17NO. The summed E-state index contributed by atoms with van der Waals surface area (Å²) in [6.07, 6.45) is 0.961. The highest BCUT2D eigenvalue weighted by Gasteiger charge is 2.22. The maximum Gasteiger partial charge on any atom is 0.225 e. The van der Waals surface area contributed by atoms with E-state index in [2.05, 4.69) is 13.8 Å². The summed E-state index contributed by atoms with van der Waals surface area (Å²) in [6, 6.07) is 9.74. The Balaban J connectivity index is 2.95. The average molecular weight is 191 g/mol. The first kappa shape index (κ1) is 10.8. The Kier molecular flexibility index (Phi) is 3.69. The number of hydrogen-bond acceptors (Lipinski definition) is 1. The number of carbonyl (C=O) groups is 1. The standard InChI is InChI=1S/C12H17NO/c1-3-9(2)11(12(13)14)10-7-5-4-6-8-10/h4-9,11H,3H2,1-2H3,(H2,13,14)/t9-,11-/m0/s1. The Morgan fingerprint density at radius 2 is 1.93 bits per heavy atom. The molecule has 0 aliphatic carbocycles. The molecule has 0 fully saturated rings. The number of nitrogens with two attached hydrogens (primary N) is 1. The average Bonchev–Trinajstić information content (AvgIpc) is 2.19. The maximum atomic E-state index is 11.3. The Labute approximate surface area is 85.1 Å². The Morgan fingerprint density at radius 3 is 2.36 bits per heavy atom. The highest BCUT2D eigenvalue weighted by Crippen LogP contribution is 2.26. The molecule has 0 aliphatic heterocycles. The quantitative estimate of drug-likeness (QED) is 0.779. The predicted octanol–water partition coefficient (Wildman–Crippen LogP) is 2.30. The Bertz CT molecular complexity index is 294. The van der Waals surface area contributed by atoms with Crippen LogP contribution in [0.4, 0.5) is 0 Å². The highest BCUT2D eigenvalue weighted by atomic mass is 16.1. The summed E-state index contributed by atoms with van der Waals surface area (Å²) in [6.45, 7) is 4.13. The van der Waals surface area contributed by atoms with Crippen molar-refractivity contribution in [2.45, 2.75) is 26.2 Å². The summed E-state index contributed by atoms with van der Waals surface area (Å²) in [4.78, 5) is 11.3. The molecule has 1 aromatic rings. The number of primary amides is 1. The van der Waals surface area contributed by atoms with Crippen LogP contribution in [0.1, 0.15) is 31.7 Å². The zero-order chi connectivity index (χ0) is 10.6. The minimum Gasteiger partial charge on any atom is -0.369 e. The lowest BCUT2D eigenvalue weighted by Gasteiger charge is -2.19. The van der Waals surface area contributed by atoms with E-state index in [1.165, 1.54) is 0 Å². The molecule has 0 radical (unpaired) electrons. The van der Waals surface area contributed by atoms with Crippen LogP contribution < -0.4 is 5.73 Å². The van der Waals surface area contributed by atoms with Crippen molar-refractivity contribution in [3.05, 3.63) is 35.9 Å². The van der Waals surface area contributed by atoms with Crippen LogP contribution in [0.2, 0.25) is 0 Å². The van der Waals surface area contributed by atoms with Gasteiger partial charge in [0.1, 0.15) is 0 Å². The molecule has 1 amide bonds. The zero-order valence-electron chi connectivity index (χ0n) is 8.73. The summed E-state index contributed by atoms with van der Waals surface area (Å²) in [5.41, 5.74) is 6.43. The SMILES string of the molecule is CC[C@H](C)[C@H](C(N)=O)c1ccccc1. The van der Waals surface area contributed by atoms with Gasteiger partial charge in [-0.05, 0) is 11.5 Å². The summed E-state index contributed by atoms with van der Waals surface area (Å²) < 4.78 is 0. The van der Waals surface area contributed by atoms with E-state index in [0.29, 0.717) is 5.92 Å². The van der Waals surface area contributed by atoms with Crippen molar-refractivity contribution >= 4 is 5.91 Å². The summed E-state index contributed by atoms with van der Waals surface area (Å²) in [5, 5.41) is 0. The van der Waals surface area contributed by atoms with Crippen molar-refractivity contribution in [1.29, 1.82) is 0 Å². The zero-order valence-corrected chi connectivity index (χ0v) is 8.73. The second-order valence-corrected chi connectivity index (χ2v) is 3.68. The number of amides is 1. The van der Waals surface area contributed by atoms with Crippen LogP contribution in [-0.4, -0.2) is 5.91 Å². The Morgan fingerprint density at radius 1 is 1.36 bits per heavy atom. The van der Waals surface area contributed by atoms with Crippen LogP contribution in [0.3, 0.4) is 0 Å². The molecule has 0 bridgehead atoms. The van der Waals surface area contributed by atoms with Crippen molar-refractivity contribution in [2.24, 2.45) is 11.7 Å². The first-order valence-corrected chi connectivity index (χ1v) is 5.01. The molecule has 2 N–H and O–H groups in total. The third-order valence-electron chi connectivity index (χ3n) is 2.68. The second kappa shape index (κ2) is 4.80. The topological polar surface area (TPSA) is 43.1 Å². The van der Waals surface area contributed by atoms with Gasteiger partial charge in [0.2, 0.25) is 5.91 Å². The lowest BCUT2D eigenvalue weighted by molar-refractivity contribution is -0.120. The van der Waals surface area contributed by atoms with E-state index < -0.39 is 0 Å². The van der Waals surface area contributed by atoms with Gasteiger partial charge < -0.3 is 5.73 Å². The van der Waals surface area contributed by atoms with E-state index in [4.69, 9.17) is 5.73 Å². The van der Waals surface area contributed by atoms with Crippen LogP contribution in [0, 0.1) is 5.92 Å². The molecule has 76 valence electrons. The molecule has 1 rings (SSSR count). The van der Waals surface area contributed by atoms with E-state index in [1.54, 1.807) is 0 Å². The van der Waals surface area contributed by atoms with Gasteiger partial charge in [0.05, 0.1) is 5.92 Å². The van der Waals surface area contributed by atoms with Gasteiger partial charge in [-0.15, -0.1) is 0 Å². The van der Waals surface area contributed by atoms with Crippen LogP contribution in [0.25, 0.3) is 0 Å². The number of rotatable bonds is 4. The maximum absolute atomic E-state index is 11.3. The molecule has 2 atom stereocenters. The van der Waals surface area contributed by atoms with Gasteiger partial charge in [0.15, 0.2) is 0 Å². The van der Waals surface area contributed by atoms with Gasteiger partial charge in [-0.2, -0.15) is 0 Å². The molecule has 0 aromatic heterocycles. The highest BCUT2D eigenvalue weighted by molar-refractivity contribution is 5.82. The first-order chi connectivity index (χ1) is 6.66. The Hall–Kier alpha value is -1.31. The third kappa shape index (κ3) is 2.34. The molecule has 14 heavy (non-hydrogen) atoms. The van der Waals surface area contributed by atoms with Crippen LogP contribution in [0.15, 0.2) is 30.3 Å². The molecule has 0 spiro atoms. The van der Waals surface area contributed by atoms with Gasteiger partial charge in [-0.1, -0.05) is 50.6 Å². The molecule has 1 aromatic carbocycles. The molecular weight excluding hydrogens is 174 g/mol. The third-order valence-corrected chi connectivity index (χ3v) is 2.68. The molecule has 0 aliphatic rings. The van der Waals surface area contributed by atoms with Gasteiger partial charge in [0.25, 0.3) is 0 Å². The fraction of sp³-hybridized carbons (Fsp3) is 0.417. The van der Waals surface area contributed by atoms with Crippen molar-refractivity contribution < 1.29 is 4.79 Å². The minimum atomic E-state index is -0.231. The number of hydrogen-bond donors (Lipinski definition) is 1. The van der Waals surface area contributed by atoms with Crippen molar-refractivity contribution in [3.8, 4) is 0 Å². The van der Waals surface area contributed by atoms with E-state index in [1.807, 2.05) is 30.3 Å². The molecule has 0 unspecified atom stereocenters. The lowest BCUT2D eigenvalue weighted by Crippen LogP contribution is -2.26. The fourth-order valence-corrected chi connectivity index (χ4v) is 1.67. The summed E-state index contributed by atoms with van der Waals surface area (Å²) in [5.74, 6) is -0.0818. The molecule has 2 nitrogen and oxygen atoms in total. The molecule has 0 heterocycles. The monoisotopic (exact) mass is 191 g/mol. The van der Waals surface area contributed by atoms with Crippen LogP contribution >= 0.6 is 0 Å². The predicted molar refractivity (Wildman–Crippen MR) is 57.8 cm³/mol. The largest absolute Gasteiger partial charge is 0.369 e. The van der Waals surface area contributed by atoms with Gasteiger partial charge in [-0.25, -0.2) is 0 Å². The summed E-state index contributed by atoms with van der Waals surface area (Å²) >= 11 is 0. The minimum absolute atomic E-state index is 0.152. The van der Waals surface area contributed by atoms with Crippen LogP contribution in [-0.2, 0) is 4.79 Å². The fourth-order valence-electron chi connectivity index (χ4n) is 1.67. The van der Waals surface area contributed by atoms with E-state index in [0.717, 1.165) is 12.0 Å². The number of benzene rings is 1. The van der Waals surface area contributed by atoms with E-state index in [-0.39, 0.29) is 11.8 Å². The normalized spacial score (nSPS) is 14.7. The first-order valence-electron chi connectivity index (χ1n) is 5.01. The van der Waals surface area contributed by atoms with E-state index in [9.17, 15) is 4.79 Å².